The molecule has 1 aromatic heterocycles. The van der Waals surface area contributed by atoms with Crippen molar-refractivity contribution in [1.29, 1.82) is 0 Å². The van der Waals surface area contributed by atoms with Gasteiger partial charge in [-0.2, -0.15) is 0 Å². The van der Waals surface area contributed by atoms with Crippen LogP contribution in [0.15, 0.2) is 21.8 Å². The highest BCUT2D eigenvalue weighted by Gasteiger charge is 2.00. The van der Waals surface area contributed by atoms with Crippen molar-refractivity contribution in [2.24, 2.45) is 0 Å². The molecule has 0 aromatic carbocycles. The fourth-order valence-electron chi connectivity index (χ4n) is 0.762. The normalized spacial score (nSPS) is 10.2. The quantitative estimate of drug-likeness (QED) is 0.834. The predicted octanol–water partition coefficient (Wildman–Crippen LogP) is 2.93. The molecule has 0 atom stereocenters. The molecule has 0 amide bonds. The van der Waals surface area contributed by atoms with Crippen molar-refractivity contribution in [3.05, 3.63) is 16.7 Å². The van der Waals surface area contributed by atoms with Crippen molar-refractivity contribution >= 4 is 33.4 Å². The van der Waals surface area contributed by atoms with Crippen LogP contribution >= 0.6 is 27.7 Å². The minimum atomic E-state index is 0.753. The summed E-state index contributed by atoms with van der Waals surface area (Å²) in [5.74, 6) is 1.07. The van der Waals surface area contributed by atoms with Crippen LogP contribution in [-0.2, 0) is 0 Å². The van der Waals surface area contributed by atoms with Gasteiger partial charge in [-0.05, 0) is 34.2 Å². The first kappa shape index (κ1) is 9.86. The molecule has 0 bridgehead atoms. The Hall–Kier alpha value is -0.220. The second-order valence-corrected chi connectivity index (χ2v) is 4.40. The van der Waals surface area contributed by atoms with Crippen LogP contribution in [0.5, 0.6) is 0 Å². The summed E-state index contributed by atoms with van der Waals surface area (Å²) in [6.07, 6.45) is 2.91. The van der Waals surface area contributed by atoms with E-state index in [4.69, 9.17) is 5.73 Å². The molecule has 2 nitrogen and oxygen atoms in total. The average molecular weight is 247 g/mol. The number of halogens is 1. The van der Waals surface area contributed by atoms with E-state index in [2.05, 4.69) is 27.8 Å². The molecule has 0 saturated carbocycles. The van der Waals surface area contributed by atoms with Crippen LogP contribution < -0.4 is 5.73 Å². The predicted molar refractivity (Wildman–Crippen MR) is 57.4 cm³/mol. The molecule has 0 aliphatic carbocycles. The number of aromatic nitrogens is 1. The van der Waals surface area contributed by atoms with E-state index >= 15 is 0 Å². The van der Waals surface area contributed by atoms with Crippen LogP contribution in [0.3, 0.4) is 0 Å². The molecular weight excluding hydrogens is 236 g/mol. The second kappa shape index (κ2) is 4.72. The largest absolute Gasteiger partial charge is 0.397 e. The fraction of sp³-hybridized carbons (Fsp3) is 0.375. The van der Waals surface area contributed by atoms with Gasteiger partial charge in [-0.3, -0.25) is 0 Å². The topological polar surface area (TPSA) is 38.9 Å². The molecule has 1 rings (SSSR count). The molecule has 1 aromatic rings. The maximum absolute atomic E-state index is 5.75. The Labute approximate surface area is 85.1 Å². The SMILES string of the molecule is CCCSc1ncc(Br)cc1N. The zero-order valence-electron chi connectivity index (χ0n) is 6.88. The van der Waals surface area contributed by atoms with Crippen LogP contribution in [0.2, 0.25) is 0 Å². The molecule has 0 aliphatic rings. The lowest BCUT2D eigenvalue weighted by Gasteiger charge is -2.02. The van der Waals surface area contributed by atoms with Crippen LogP contribution in [0.4, 0.5) is 5.69 Å². The number of rotatable bonds is 3. The number of nitrogens with zero attached hydrogens (tertiary/aromatic N) is 1. The third-order valence-corrected chi connectivity index (χ3v) is 2.95. The smallest absolute Gasteiger partial charge is 0.119 e. The van der Waals surface area contributed by atoms with Gasteiger partial charge in [0.2, 0.25) is 0 Å². The third-order valence-electron chi connectivity index (χ3n) is 1.29. The van der Waals surface area contributed by atoms with E-state index < -0.39 is 0 Å². The summed E-state index contributed by atoms with van der Waals surface area (Å²) in [4.78, 5) is 4.21. The van der Waals surface area contributed by atoms with Gasteiger partial charge < -0.3 is 5.73 Å². The number of nitrogen functional groups attached to an aromatic ring is 1. The monoisotopic (exact) mass is 246 g/mol. The Balaban J connectivity index is 2.72. The van der Waals surface area contributed by atoms with Gasteiger partial charge in [0.15, 0.2) is 0 Å². The number of hydrogen-bond donors (Lipinski definition) is 1. The summed E-state index contributed by atoms with van der Waals surface area (Å²) < 4.78 is 0.931. The lowest BCUT2D eigenvalue weighted by Crippen LogP contribution is -1.92. The molecule has 0 unspecified atom stereocenters. The first-order valence-corrected chi connectivity index (χ1v) is 5.55. The Morgan fingerprint density at radius 3 is 3.00 bits per heavy atom. The Kier molecular flexibility index (Phi) is 3.88. The van der Waals surface area contributed by atoms with E-state index in [1.807, 2.05) is 6.07 Å². The zero-order chi connectivity index (χ0) is 8.97. The Morgan fingerprint density at radius 2 is 2.42 bits per heavy atom. The first-order valence-electron chi connectivity index (χ1n) is 3.78. The highest BCUT2D eigenvalue weighted by molar-refractivity contribution is 9.10. The van der Waals surface area contributed by atoms with E-state index in [0.717, 1.165) is 27.4 Å². The summed E-state index contributed by atoms with van der Waals surface area (Å²) in [7, 11) is 0. The minimum Gasteiger partial charge on any atom is -0.397 e. The summed E-state index contributed by atoms with van der Waals surface area (Å²) >= 11 is 5.01. The fourth-order valence-corrected chi connectivity index (χ4v) is 1.86. The molecule has 0 fully saturated rings. The molecule has 0 saturated heterocycles. The Bertz CT molecular complexity index is 265. The maximum atomic E-state index is 5.75. The van der Waals surface area contributed by atoms with Crippen molar-refractivity contribution in [1.82, 2.24) is 4.98 Å². The molecule has 12 heavy (non-hydrogen) atoms. The number of nitrogens with two attached hydrogens (primary N) is 1. The van der Waals surface area contributed by atoms with Crippen LogP contribution in [0, 0.1) is 0 Å². The second-order valence-electron chi connectivity index (χ2n) is 2.40. The van der Waals surface area contributed by atoms with Crippen molar-refractivity contribution in [2.45, 2.75) is 18.4 Å². The van der Waals surface area contributed by atoms with E-state index in [0.29, 0.717) is 0 Å². The summed E-state index contributed by atoms with van der Waals surface area (Å²) in [6.45, 7) is 2.14. The Morgan fingerprint density at radius 1 is 1.67 bits per heavy atom. The maximum Gasteiger partial charge on any atom is 0.119 e. The standard InChI is InChI=1S/C8H11BrN2S/c1-2-3-12-8-7(10)4-6(9)5-11-8/h4-5H,2-3,10H2,1H3. The van der Waals surface area contributed by atoms with Gasteiger partial charge in [0.25, 0.3) is 0 Å². The highest BCUT2D eigenvalue weighted by Crippen LogP contribution is 2.25. The summed E-state index contributed by atoms with van der Waals surface area (Å²) in [6, 6.07) is 1.88. The van der Waals surface area contributed by atoms with Crippen LogP contribution in [0.25, 0.3) is 0 Å². The van der Waals surface area contributed by atoms with Crippen molar-refractivity contribution in [3.8, 4) is 0 Å². The van der Waals surface area contributed by atoms with Gasteiger partial charge in [0.1, 0.15) is 5.03 Å². The van der Waals surface area contributed by atoms with Gasteiger partial charge in [-0.25, -0.2) is 4.98 Å². The van der Waals surface area contributed by atoms with Gasteiger partial charge >= 0.3 is 0 Å². The van der Waals surface area contributed by atoms with Crippen molar-refractivity contribution < 1.29 is 0 Å². The molecule has 0 aliphatic heterocycles. The summed E-state index contributed by atoms with van der Waals surface area (Å²) in [5.41, 5.74) is 6.50. The van der Waals surface area contributed by atoms with Crippen LogP contribution in [-0.4, -0.2) is 10.7 Å². The van der Waals surface area contributed by atoms with E-state index in [-0.39, 0.29) is 0 Å². The summed E-state index contributed by atoms with van der Waals surface area (Å²) in [5, 5.41) is 0.931. The minimum absolute atomic E-state index is 0.753. The molecule has 0 radical (unpaired) electrons. The molecule has 0 spiro atoms. The van der Waals surface area contributed by atoms with Gasteiger partial charge in [-0.15, -0.1) is 11.8 Å². The van der Waals surface area contributed by atoms with Crippen molar-refractivity contribution in [2.75, 3.05) is 11.5 Å². The molecule has 2 N–H and O–H groups in total. The van der Waals surface area contributed by atoms with E-state index in [1.165, 1.54) is 0 Å². The molecule has 4 heteroatoms. The van der Waals surface area contributed by atoms with Gasteiger partial charge in [-0.1, -0.05) is 6.92 Å². The number of hydrogen-bond acceptors (Lipinski definition) is 3. The highest BCUT2D eigenvalue weighted by atomic mass is 79.9. The van der Waals surface area contributed by atoms with Crippen LogP contribution in [0.1, 0.15) is 13.3 Å². The number of pyridine rings is 1. The lowest BCUT2D eigenvalue weighted by molar-refractivity contribution is 1.08. The lowest BCUT2D eigenvalue weighted by atomic mass is 10.4. The molecule has 66 valence electrons. The zero-order valence-corrected chi connectivity index (χ0v) is 9.28. The van der Waals surface area contributed by atoms with Gasteiger partial charge in [0, 0.05) is 10.7 Å². The van der Waals surface area contributed by atoms with E-state index in [9.17, 15) is 0 Å². The average Bonchev–Trinajstić information content (AvgIpc) is 2.03. The van der Waals surface area contributed by atoms with E-state index in [1.54, 1.807) is 18.0 Å². The van der Waals surface area contributed by atoms with Crippen molar-refractivity contribution in [3.63, 3.8) is 0 Å². The first-order chi connectivity index (χ1) is 5.74. The molecular formula is C8H11BrN2S. The third kappa shape index (κ3) is 2.68. The molecule has 1 heterocycles. The number of anilines is 1. The van der Waals surface area contributed by atoms with Gasteiger partial charge in [0.05, 0.1) is 5.69 Å². The number of thioether (sulfide) groups is 1.